The predicted molar refractivity (Wildman–Crippen MR) is 101 cm³/mol. The van der Waals surface area contributed by atoms with Gasteiger partial charge in [-0.25, -0.2) is 4.79 Å². The number of hydrogen-bond acceptors (Lipinski definition) is 4. The molecule has 0 saturated carbocycles. The summed E-state index contributed by atoms with van der Waals surface area (Å²) in [5.74, 6) is -0.421. The van der Waals surface area contributed by atoms with Crippen LogP contribution in [0.4, 0.5) is 0 Å². The zero-order valence-corrected chi connectivity index (χ0v) is 15.1. The first kappa shape index (κ1) is 19.2. The van der Waals surface area contributed by atoms with Gasteiger partial charge in [0.05, 0.1) is 12.7 Å². The van der Waals surface area contributed by atoms with E-state index in [9.17, 15) is 9.59 Å². The number of carbonyl (C=O) groups is 2. The fourth-order valence-corrected chi connectivity index (χ4v) is 2.94. The molecule has 1 N–H and O–H groups in total. The number of methoxy groups -OCH3 is 1. The van der Waals surface area contributed by atoms with Crippen LogP contribution in [0.3, 0.4) is 0 Å². The highest BCUT2D eigenvalue weighted by atomic mass is 16.5. The van der Waals surface area contributed by atoms with Crippen molar-refractivity contribution in [3.63, 3.8) is 0 Å². The van der Waals surface area contributed by atoms with Gasteiger partial charge in [0, 0.05) is 23.6 Å². The Hall–Kier alpha value is -3.08. The van der Waals surface area contributed by atoms with Gasteiger partial charge in [0.2, 0.25) is 5.91 Å². The molecule has 0 radical (unpaired) electrons. The Balaban J connectivity index is 2.35. The second kappa shape index (κ2) is 8.85. The van der Waals surface area contributed by atoms with E-state index in [0.717, 1.165) is 11.1 Å². The van der Waals surface area contributed by atoms with E-state index in [1.54, 1.807) is 32.3 Å². The predicted octanol–water partition coefficient (Wildman–Crippen LogP) is 3.41. The molecule has 0 saturated heterocycles. The fraction of sp³-hybridized carbons (Fsp3) is 0.238. The molecule has 0 bridgehead atoms. The van der Waals surface area contributed by atoms with Crippen molar-refractivity contribution in [2.24, 2.45) is 0 Å². The SMILES string of the molecule is C=C/C=C(\C=C)COC(=O)C1=C(C)NC(=O)CC1c1ccccc1OC. The lowest BCUT2D eigenvalue weighted by molar-refractivity contribution is -0.138. The van der Waals surface area contributed by atoms with Gasteiger partial charge >= 0.3 is 5.97 Å². The molecule has 1 heterocycles. The molecule has 1 unspecified atom stereocenters. The van der Waals surface area contributed by atoms with Crippen molar-refractivity contribution in [3.05, 3.63) is 78.1 Å². The van der Waals surface area contributed by atoms with E-state index >= 15 is 0 Å². The fourth-order valence-electron chi connectivity index (χ4n) is 2.94. The first-order valence-corrected chi connectivity index (χ1v) is 8.26. The van der Waals surface area contributed by atoms with Gasteiger partial charge in [0.1, 0.15) is 12.4 Å². The zero-order valence-electron chi connectivity index (χ0n) is 15.1. The third kappa shape index (κ3) is 4.30. The Morgan fingerprint density at radius 2 is 2.08 bits per heavy atom. The summed E-state index contributed by atoms with van der Waals surface area (Å²) >= 11 is 0. The van der Waals surface area contributed by atoms with Crippen molar-refractivity contribution < 1.29 is 19.1 Å². The van der Waals surface area contributed by atoms with E-state index in [2.05, 4.69) is 18.5 Å². The monoisotopic (exact) mass is 353 g/mol. The Bertz CT molecular complexity index is 789. The summed E-state index contributed by atoms with van der Waals surface area (Å²) in [6.07, 6.45) is 5.09. The minimum Gasteiger partial charge on any atom is -0.496 e. The molecule has 1 amide bonds. The van der Waals surface area contributed by atoms with Crippen LogP contribution >= 0.6 is 0 Å². The second-order valence-electron chi connectivity index (χ2n) is 5.84. The van der Waals surface area contributed by atoms with Crippen molar-refractivity contribution >= 4 is 11.9 Å². The molecule has 0 spiro atoms. The molecule has 0 fully saturated rings. The molecule has 2 rings (SSSR count). The molecule has 1 aliphatic rings. The maximum Gasteiger partial charge on any atom is 0.336 e. The summed E-state index contributed by atoms with van der Waals surface area (Å²) < 4.78 is 10.8. The van der Waals surface area contributed by atoms with Gasteiger partial charge in [0.15, 0.2) is 0 Å². The van der Waals surface area contributed by atoms with Crippen LogP contribution in [-0.4, -0.2) is 25.6 Å². The second-order valence-corrected chi connectivity index (χ2v) is 5.84. The first-order chi connectivity index (χ1) is 12.5. The lowest BCUT2D eigenvalue weighted by Crippen LogP contribution is -2.34. The molecular formula is C21H23NO4. The van der Waals surface area contributed by atoms with Gasteiger partial charge in [0.25, 0.3) is 0 Å². The van der Waals surface area contributed by atoms with E-state index in [-0.39, 0.29) is 18.9 Å². The van der Waals surface area contributed by atoms with Crippen LogP contribution in [0.2, 0.25) is 0 Å². The number of nitrogens with one attached hydrogen (secondary N) is 1. The lowest BCUT2D eigenvalue weighted by Gasteiger charge is -2.27. The highest BCUT2D eigenvalue weighted by molar-refractivity contribution is 5.96. The van der Waals surface area contributed by atoms with Crippen molar-refractivity contribution in [2.75, 3.05) is 13.7 Å². The van der Waals surface area contributed by atoms with Crippen molar-refractivity contribution in [1.29, 1.82) is 0 Å². The molecule has 1 atom stereocenters. The first-order valence-electron chi connectivity index (χ1n) is 8.26. The molecule has 0 aromatic heterocycles. The van der Waals surface area contributed by atoms with E-state index in [4.69, 9.17) is 9.47 Å². The van der Waals surface area contributed by atoms with Gasteiger partial charge in [-0.15, -0.1) is 0 Å². The number of carbonyl (C=O) groups excluding carboxylic acids is 2. The molecule has 1 aromatic carbocycles. The van der Waals surface area contributed by atoms with Gasteiger partial charge in [-0.1, -0.05) is 49.6 Å². The summed E-state index contributed by atoms with van der Waals surface area (Å²) in [7, 11) is 1.56. The van der Waals surface area contributed by atoms with Crippen LogP contribution < -0.4 is 10.1 Å². The normalized spacial score (nSPS) is 17.4. The lowest BCUT2D eigenvalue weighted by atomic mass is 9.84. The van der Waals surface area contributed by atoms with E-state index in [1.807, 2.05) is 24.3 Å². The van der Waals surface area contributed by atoms with Gasteiger partial charge in [-0.3, -0.25) is 4.79 Å². The Kier molecular flexibility index (Phi) is 6.55. The summed E-state index contributed by atoms with van der Waals surface area (Å²) in [5, 5.41) is 2.72. The van der Waals surface area contributed by atoms with Crippen LogP contribution in [0, 0.1) is 0 Å². The van der Waals surface area contributed by atoms with Crippen LogP contribution in [0.15, 0.2) is 72.5 Å². The van der Waals surface area contributed by atoms with E-state index in [1.165, 1.54) is 0 Å². The molecule has 0 aliphatic carbocycles. The van der Waals surface area contributed by atoms with Crippen LogP contribution in [0.25, 0.3) is 0 Å². The van der Waals surface area contributed by atoms with Gasteiger partial charge in [-0.05, 0) is 18.6 Å². The highest BCUT2D eigenvalue weighted by Gasteiger charge is 2.34. The summed E-state index contributed by atoms with van der Waals surface area (Å²) in [6.45, 7) is 9.09. The number of para-hydroxylation sites is 1. The molecule has 5 nitrogen and oxygen atoms in total. The number of amides is 1. The maximum absolute atomic E-state index is 12.8. The topological polar surface area (TPSA) is 64.6 Å². The maximum atomic E-state index is 12.8. The van der Waals surface area contributed by atoms with Gasteiger partial charge in [-0.2, -0.15) is 0 Å². The largest absolute Gasteiger partial charge is 0.496 e. The van der Waals surface area contributed by atoms with Crippen molar-refractivity contribution in [2.45, 2.75) is 19.3 Å². The van der Waals surface area contributed by atoms with E-state index in [0.29, 0.717) is 17.0 Å². The Morgan fingerprint density at radius 3 is 2.73 bits per heavy atom. The average molecular weight is 353 g/mol. The van der Waals surface area contributed by atoms with Gasteiger partial charge < -0.3 is 14.8 Å². The summed E-state index contributed by atoms with van der Waals surface area (Å²) in [5.41, 5.74) is 2.44. The van der Waals surface area contributed by atoms with Crippen LogP contribution in [-0.2, 0) is 14.3 Å². The molecule has 5 heteroatoms. The number of hydrogen-bond donors (Lipinski definition) is 1. The third-order valence-corrected chi connectivity index (χ3v) is 4.17. The number of esters is 1. The number of allylic oxidation sites excluding steroid dienone is 3. The minimum absolute atomic E-state index is 0.0811. The molecule has 1 aromatic rings. The minimum atomic E-state index is -0.477. The van der Waals surface area contributed by atoms with Crippen molar-refractivity contribution in [1.82, 2.24) is 5.32 Å². The highest BCUT2D eigenvalue weighted by Crippen LogP contribution is 2.38. The van der Waals surface area contributed by atoms with Crippen LogP contribution in [0.5, 0.6) is 5.75 Å². The number of benzene rings is 1. The van der Waals surface area contributed by atoms with E-state index < -0.39 is 11.9 Å². The molecule has 1 aliphatic heterocycles. The molecule has 136 valence electrons. The summed E-state index contributed by atoms with van der Waals surface area (Å²) in [6, 6.07) is 7.36. The number of ether oxygens (including phenoxy) is 2. The number of rotatable bonds is 7. The average Bonchev–Trinajstić information content (AvgIpc) is 2.64. The zero-order chi connectivity index (χ0) is 19.1. The third-order valence-electron chi connectivity index (χ3n) is 4.17. The quantitative estimate of drug-likeness (QED) is 0.603. The smallest absolute Gasteiger partial charge is 0.336 e. The van der Waals surface area contributed by atoms with Crippen molar-refractivity contribution in [3.8, 4) is 5.75 Å². The Labute approximate surface area is 153 Å². The van der Waals surface area contributed by atoms with Crippen LogP contribution in [0.1, 0.15) is 24.8 Å². The molecule has 26 heavy (non-hydrogen) atoms. The molecular weight excluding hydrogens is 330 g/mol. The standard InChI is InChI=1S/C21H23NO4/c1-5-9-15(6-2)13-26-21(24)20-14(3)22-19(23)12-17(20)16-10-7-8-11-18(16)25-4/h5-11,17H,1-2,12-13H2,3-4H3,(H,22,23)/b15-9+. The summed E-state index contributed by atoms with van der Waals surface area (Å²) in [4.78, 5) is 24.8. The Morgan fingerprint density at radius 1 is 1.35 bits per heavy atom.